The predicted octanol–water partition coefficient (Wildman–Crippen LogP) is 5.22. The zero-order valence-electron chi connectivity index (χ0n) is 16.2. The summed E-state index contributed by atoms with van der Waals surface area (Å²) in [5.41, 5.74) is 2.91. The summed E-state index contributed by atoms with van der Waals surface area (Å²) < 4.78 is 5.70. The summed E-state index contributed by atoms with van der Waals surface area (Å²) in [5.74, 6) is 0.396. The number of aliphatic carboxylic acids is 1. The maximum atomic E-state index is 10.9. The Kier molecular flexibility index (Phi) is 5.64. The Morgan fingerprint density at radius 3 is 2.71 bits per heavy atom. The van der Waals surface area contributed by atoms with Crippen molar-refractivity contribution in [2.75, 3.05) is 7.11 Å². The zero-order chi connectivity index (χ0) is 18.1. The summed E-state index contributed by atoms with van der Waals surface area (Å²) in [6.07, 6.45) is 9.37. The zero-order valence-corrected chi connectivity index (χ0v) is 16.2. The lowest BCUT2D eigenvalue weighted by Gasteiger charge is -2.59. The molecule has 0 spiro atoms. The number of methoxy groups -OCH3 is 1. The van der Waals surface area contributed by atoms with Gasteiger partial charge in [-0.1, -0.05) is 38.0 Å². The molecule has 3 heteroatoms. The maximum absolute atomic E-state index is 10.9. The Labute approximate surface area is 147 Å². The molecule has 2 aliphatic carbocycles. The van der Waals surface area contributed by atoms with Crippen molar-refractivity contribution < 1.29 is 14.6 Å². The van der Waals surface area contributed by atoms with E-state index in [1.807, 2.05) is 6.92 Å². The first-order chi connectivity index (χ1) is 11.1. The van der Waals surface area contributed by atoms with E-state index in [1.54, 1.807) is 7.11 Å². The molecule has 0 radical (unpaired) electrons. The van der Waals surface area contributed by atoms with E-state index in [4.69, 9.17) is 9.84 Å². The first-order valence-electron chi connectivity index (χ1n) is 9.25. The largest absolute Gasteiger partial charge is 0.478 e. The van der Waals surface area contributed by atoms with E-state index in [1.165, 1.54) is 24.5 Å². The van der Waals surface area contributed by atoms with Crippen molar-refractivity contribution in [3.05, 3.63) is 23.3 Å². The molecule has 0 aromatic carbocycles. The quantitative estimate of drug-likeness (QED) is 0.554. The summed E-state index contributed by atoms with van der Waals surface area (Å²) in [6, 6.07) is 0. The summed E-state index contributed by atoms with van der Waals surface area (Å²) in [6.45, 7) is 11.4. The molecule has 0 amide bonds. The Morgan fingerprint density at radius 1 is 1.46 bits per heavy atom. The topological polar surface area (TPSA) is 46.5 Å². The minimum Gasteiger partial charge on any atom is -0.478 e. The maximum Gasteiger partial charge on any atom is 0.328 e. The molecular formula is C21H34O3. The summed E-state index contributed by atoms with van der Waals surface area (Å²) in [7, 11) is 1.81. The van der Waals surface area contributed by atoms with Crippen LogP contribution in [0.4, 0.5) is 0 Å². The van der Waals surface area contributed by atoms with Gasteiger partial charge in [0.2, 0.25) is 0 Å². The number of hydrogen-bond donors (Lipinski definition) is 1. The highest BCUT2D eigenvalue weighted by molar-refractivity contribution is 5.80. The van der Waals surface area contributed by atoms with Crippen LogP contribution >= 0.6 is 0 Å². The second kappa shape index (κ2) is 7.03. The molecule has 24 heavy (non-hydrogen) atoms. The molecule has 1 fully saturated rings. The van der Waals surface area contributed by atoms with Crippen molar-refractivity contribution in [3.8, 4) is 0 Å². The lowest BCUT2D eigenvalue weighted by atomic mass is 9.46. The van der Waals surface area contributed by atoms with Crippen molar-refractivity contribution in [2.24, 2.45) is 22.7 Å². The minimum absolute atomic E-state index is 0.211. The Bertz CT molecular complexity index is 547. The van der Waals surface area contributed by atoms with Crippen LogP contribution in [0.3, 0.4) is 0 Å². The van der Waals surface area contributed by atoms with Crippen LogP contribution in [-0.4, -0.2) is 24.3 Å². The van der Waals surface area contributed by atoms with Crippen molar-refractivity contribution in [1.82, 2.24) is 0 Å². The molecule has 0 aliphatic heterocycles. The van der Waals surface area contributed by atoms with Gasteiger partial charge in [-0.25, -0.2) is 4.79 Å². The van der Waals surface area contributed by atoms with Crippen molar-refractivity contribution in [2.45, 2.75) is 72.8 Å². The molecule has 0 aromatic heterocycles. The number of carboxylic acids is 1. The van der Waals surface area contributed by atoms with Gasteiger partial charge in [-0.05, 0) is 68.6 Å². The predicted molar refractivity (Wildman–Crippen MR) is 97.9 cm³/mol. The molecule has 2 rings (SSSR count). The number of rotatable bonds is 5. The molecule has 1 saturated carbocycles. The summed E-state index contributed by atoms with van der Waals surface area (Å²) in [4.78, 5) is 10.9. The Balaban J connectivity index is 2.29. The molecule has 0 aromatic rings. The Morgan fingerprint density at radius 2 is 2.12 bits per heavy atom. The van der Waals surface area contributed by atoms with Gasteiger partial charge in [-0.3, -0.25) is 0 Å². The van der Waals surface area contributed by atoms with Gasteiger partial charge in [0.15, 0.2) is 0 Å². The van der Waals surface area contributed by atoms with E-state index in [0.717, 1.165) is 24.8 Å². The van der Waals surface area contributed by atoms with E-state index in [9.17, 15) is 4.79 Å². The second-order valence-corrected chi connectivity index (χ2v) is 8.60. The van der Waals surface area contributed by atoms with E-state index in [0.29, 0.717) is 11.8 Å². The highest BCUT2D eigenvalue weighted by atomic mass is 16.5. The minimum atomic E-state index is -0.838. The third-order valence-electron chi connectivity index (χ3n) is 7.32. The van der Waals surface area contributed by atoms with Crippen molar-refractivity contribution in [3.63, 3.8) is 0 Å². The second-order valence-electron chi connectivity index (χ2n) is 8.60. The first kappa shape index (κ1) is 19.2. The highest BCUT2D eigenvalue weighted by Crippen LogP contribution is 2.62. The molecule has 0 heterocycles. The van der Waals surface area contributed by atoms with Gasteiger partial charge in [-0.2, -0.15) is 0 Å². The molecule has 136 valence electrons. The molecule has 5 atom stereocenters. The van der Waals surface area contributed by atoms with Gasteiger partial charge in [0.05, 0.1) is 6.10 Å². The van der Waals surface area contributed by atoms with Crippen LogP contribution in [0.25, 0.3) is 0 Å². The molecule has 5 unspecified atom stereocenters. The SMILES string of the molecule is COC1C=C(C)C2(C)CCC(C)C(C)(CC/C(C)=C/C(=O)O)C2C1. The standard InChI is InChI=1S/C21H34O3/c1-14(11-19(22)23)7-9-20(4)15(2)8-10-21(5)16(3)12-17(24-6)13-18(20)21/h11-12,15,17-18H,7-10,13H2,1-6H3,(H,22,23)/b14-11+. The number of fused-ring (bicyclic) bond motifs is 1. The summed E-state index contributed by atoms with van der Waals surface area (Å²) in [5, 5.41) is 8.97. The first-order valence-corrected chi connectivity index (χ1v) is 9.25. The van der Waals surface area contributed by atoms with Gasteiger partial charge >= 0.3 is 5.97 Å². The highest BCUT2D eigenvalue weighted by Gasteiger charge is 2.54. The van der Waals surface area contributed by atoms with Gasteiger partial charge in [0.1, 0.15) is 0 Å². The number of carboxylic acid groups (broad SMARTS) is 1. The van der Waals surface area contributed by atoms with Crippen molar-refractivity contribution >= 4 is 5.97 Å². The fourth-order valence-electron chi connectivity index (χ4n) is 5.20. The Hall–Kier alpha value is -1.09. The van der Waals surface area contributed by atoms with Gasteiger partial charge in [-0.15, -0.1) is 0 Å². The third kappa shape index (κ3) is 3.46. The summed E-state index contributed by atoms with van der Waals surface area (Å²) >= 11 is 0. The lowest BCUT2D eigenvalue weighted by Crippen LogP contribution is -2.51. The van der Waals surface area contributed by atoms with E-state index >= 15 is 0 Å². The average Bonchev–Trinajstić information content (AvgIpc) is 2.51. The number of hydrogen-bond acceptors (Lipinski definition) is 2. The fraction of sp³-hybridized carbons (Fsp3) is 0.762. The molecular weight excluding hydrogens is 300 g/mol. The van der Waals surface area contributed by atoms with Crippen LogP contribution in [-0.2, 0) is 9.53 Å². The molecule has 3 nitrogen and oxygen atoms in total. The lowest BCUT2D eigenvalue weighted by molar-refractivity contribution is -0.131. The van der Waals surface area contributed by atoms with Crippen LogP contribution in [0.15, 0.2) is 23.3 Å². The van der Waals surface area contributed by atoms with Crippen molar-refractivity contribution in [1.29, 1.82) is 0 Å². The van der Waals surface area contributed by atoms with E-state index in [-0.39, 0.29) is 16.9 Å². The van der Waals surface area contributed by atoms with Crippen LogP contribution in [0, 0.1) is 22.7 Å². The van der Waals surface area contributed by atoms with E-state index in [2.05, 4.69) is 33.8 Å². The van der Waals surface area contributed by atoms with Crippen LogP contribution < -0.4 is 0 Å². The van der Waals surface area contributed by atoms with Gasteiger partial charge < -0.3 is 9.84 Å². The fourth-order valence-corrected chi connectivity index (χ4v) is 5.20. The average molecular weight is 335 g/mol. The van der Waals surface area contributed by atoms with Crippen LogP contribution in [0.1, 0.15) is 66.7 Å². The molecule has 1 N–H and O–H groups in total. The van der Waals surface area contributed by atoms with E-state index < -0.39 is 5.97 Å². The number of carbonyl (C=O) groups is 1. The van der Waals surface area contributed by atoms with Crippen LogP contribution in [0.5, 0.6) is 0 Å². The normalized spacial score (nSPS) is 40.0. The monoisotopic (exact) mass is 334 g/mol. The smallest absolute Gasteiger partial charge is 0.328 e. The molecule has 2 aliphatic rings. The molecule has 0 bridgehead atoms. The molecule has 0 saturated heterocycles. The van der Waals surface area contributed by atoms with Gasteiger partial charge in [0, 0.05) is 13.2 Å². The van der Waals surface area contributed by atoms with Gasteiger partial charge in [0.25, 0.3) is 0 Å². The van der Waals surface area contributed by atoms with Crippen LogP contribution in [0.2, 0.25) is 0 Å². The number of allylic oxidation sites excluding steroid dienone is 2. The third-order valence-corrected chi connectivity index (χ3v) is 7.32. The number of ether oxygens (including phenoxy) is 1.